The van der Waals surface area contributed by atoms with E-state index in [1.807, 2.05) is 6.21 Å². The maximum absolute atomic E-state index is 4.27. The predicted molar refractivity (Wildman–Crippen MR) is 76.2 cm³/mol. The monoisotopic (exact) mass is 240 g/mol. The van der Waals surface area contributed by atoms with E-state index in [0.717, 1.165) is 12.5 Å². The molecule has 0 saturated carbocycles. The van der Waals surface area contributed by atoms with Gasteiger partial charge in [0, 0.05) is 25.0 Å². The molecule has 0 amide bonds. The lowest BCUT2D eigenvalue weighted by Gasteiger charge is -2.34. The van der Waals surface area contributed by atoms with Crippen LogP contribution in [-0.4, -0.2) is 30.7 Å². The van der Waals surface area contributed by atoms with Gasteiger partial charge >= 0.3 is 0 Å². The molecule has 1 aromatic rings. The number of hydrogen-bond donors (Lipinski definition) is 0. The van der Waals surface area contributed by atoms with E-state index in [9.17, 15) is 0 Å². The van der Waals surface area contributed by atoms with Crippen molar-refractivity contribution in [3.63, 3.8) is 0 Å². The molecule has 2 heteroatoms. The van der Waals surface area contributed by atoms with Crippen molar-refractivity contribution in [3.05, 3.63) is 47.2 Å². The summed E-state index contributed by atoms with van der Waals surface area (Å²) < 4.78 is 0. The molecule has 0 unspecified atom stereocenters. The number of piperidine rings is 1. The summed E-state index contributed by atoms with van der Waals surface area (Å²) in [6.45, 7) is 5.41. The fourth-order valence-corrected chi connectivity index (χ4v) is 2.97. The maximum Gasteiger partial charge on any atom is 0.0788 e. The van der Waals surface area contributed by atoms with Crippen LogP contribution in [0.2, 0.25) is 0 Å². The third-order valence-corrected chi connectivity index (χ3v) is 4.04. The second kappa shape index (κ2) is 4.97. The van der Waals surface area contributed by atoms with Crippen molar-refractivity contribution in [2.45, 2.75) is 25.7 Å². The van der Waals surface area contributed by atoms with E-state index in [0.29, 0.717) is 0 Å². The van der Waals surface area contributed by atoms with Crippen molar-refractivity contribution in [1.29, 1.82) is 0 Å². The molecule has 0 bridgehead atoms. The Morgan fingerprint density at radius 3 is 2.72 bits per heavy atom. The molecule has 1 saturated heterocycles. The number of aliphatic imine (C=N–C) groups is 1. The number of aryl methyl sites for hydroxylation is 1. The second-order valence-electron chi connectivity index (χ2n) is 5.32. The lowest BCUT2D eigenvalue weighted by molar-refractivity contribution is 0.262. The van der Waals surface area contributed by atoms with E-state index < -0.39 is 0 Å². The average Bonchev–Trinajstić information content (AvgIpc) is 2.93. The van der Waals surface area contributed by atoms with Gasteiger partial charge in [0.1, 0.15) is 0 Å². The van der Waals surface area contributed by atoms with Gasteiger partial charge in [-0.15, -0.1) is 0 Å². The fraction of sp³-hybridized carbons (Fsp3) is 0.438. The van der Waals surface area contributed by atoms with Gasteiger partial charge in [0.05, 0.1) is 6.54 Å². The van der Waals surface area contributed by atoms with E-state index in [2.05, 4.69) is 47.2 Å². The van der Waals surface area contributed by atoms with Crippen LogP contribution in [0.3, 0.4) is 0 Å². The van der Waals surface area contributed by atoms with Crippen molar-refractivity contribution >= 4 is 6.21 Å². The van der Waals surface area contributed by atoms with Gasteiger partial charge in [0.2, 0.25) is 0 Å². The zero-order chi connectivity index (χ0) is 12.4. The van der Waals surface area contributed by atoms with Crippen LogP contribution in [0.25, 0.3) is 0 Å². The Balaban J connectivity index is 1.63. The number of allylic oxidation sites excluding steroid dienone is 1. The molecule has 0 atom stereocenters. The van der Waals surface area contributed by atoms with Crippen LogP contribution in [-0.2, 0) is 0 Å². The lowest BCUT2D eigenvalue weighted by Crippen LogP contribution is -2.32. The molecule has 94 valence electrons. The summed E-state index contributed by atoms with van der Waals surface area (Å²) >= 11 is 0. The van der Waals surface area contributed by atoms with Crippen LogP contribution < -0.4 is 0 Å². The quantitative estimate of drug-likeness (QED) is 0.775. The van der Waals surface area contributed by atoms with E-state index >= 15 is 0 Å². The van der Waals surface area contributed by atoms with Gasteiger partial charge in [-0.1, -0.05) is 29.8 Å². The molecular weight excluding hydrogens is 220 g/mol. The number of hydrogen-bond acceptors (Lipinski definition) is 2. The minimum absolute atomic E-state index is 0.740. The third-order valence-electron chi connectivity index (χ3n) is 4.04. The van der Waals surface area contributed by atoms with Crippen molar-refractivity contribution < 1.29 is 0 Å². The van der Waals surface area contributed by atoms with E-state index in [-0.39, 0.29) is 0 Å². The molecule has 0 spiro atoms. The number of benzene rings is 1. The standard InChI is InChI=1S/C16H20N2/c1-13-3-2-4-15(11-13)14-6-9-18(10-7-14)16-5-8-17-12-16/h2-5,8,11,14H,6-7,9-10,12H2,1H3. The van der Waals surface area contributed by atoms with Crippen LogP contribution in [0.15, 0.2) is 41.0 Å². The molecular formula is C16H20N2. The van der Waals surface area contributed by atoms with E-state index in [1.54, 1.807) is 0 Å². The molecule has 2 nitrogen and oxygen atoms in total. The second-order valence-corrected chi connectivity index (χ2v) is 5.32. The minimum Gasteiger partial charge on any atom is -0.373 e. The topological polar surface area (TPSA) is 15.6 Å². The highest BCUT2D eigenvalue weighted by Gasteiger charge is 2.22. The Kier molecular flexibility index (Phi) is 3.18. The molecule has 18 heavy (non-hydrogen) atoms. The van der Waals surface area contributed by atoms with Gasteiger partial charge < -0.3 is 4.90 Å². The molecule has 2 aliphatic rings. The van der Waals surface area contributed by atoms with E-state index in [4.69, 9.17) is 0 Å². The summed E-state index contributed by atoms with van der Waals surface area (Å²) in [5.41, 5.74) is 4.30. The molecule has 2 aliphatic heterocycles. The van der Waals surface area contributed by atoms with Crippen molar-refractivity contribution in [3.8, 4) is 0 Å². The average molecular weight is 240 g/mol. The zero-order valence-corrected chi connectivity index (χ0v) is 11.0. The first-order valence-corrected chi connectivity index (χ1v) is 6.83. The summed E-state index contributed by atoms with van der Waals surface area (Å²) in [5.74, 6) is 0.740. The largest absolute Gasteiger partial charge is 0.373 e. The molecule has 2 heterocycles. The molecule has 1 fully saturated rings. The summed E-state index contributed by atoms with van der Waals surface area (Å²) in [4.78, 5) is 6.77. The molecule has 0 radical (unpaired) electrons. The Bertz CT molecular complexity index is 480. The highest BCUT2D eigenvalue weighted by Crippen LogP contribution is 2.30. The predicted octanol–water partition coefficient (Wildman–Crippen LogP) is 3.14. The number of nitrogens with zero attached hydrogens (tertiary/aromatic N) is 2. The smallest absolute Gasteiger partial charge is 0.0788 e. The Morgan fingerprint density at radius 2 is 2.06 bits per heavy atom. The summed E-state index contributed by atoms with van der Waals surface area (Å²) in [5, 5.41) is 0. The first-order valence-electron chi connectivity index (χ1n) is 6.83. The Labute approximate surface area is 109 Å². The van der Waals surface area contributed by atoms with Crippen molar-refractivity contribution in [2.75, 3.05) is 19.6 Å². The van der Waals surface area contributed by atoms with Crippen LogP contribution in [0.5, 0.6) is 0 Å². The fourth-order valence-electron chi connectivity index (χ4n) is 2.97. The lowest BCUT2D eigenvalue weighted by atomic mass is 9.88. The van der Waals surface area contributed by atoms with Gasteiger partial charge in [-0.2, -0.15) is 0 Å². The molecule has 0 N–H and O–H groups in total. The third kappa shape index (κ3) is 2.33. The van der Waals surface area contributed by atoms with Gasteiger partial charge in [0.25, 0.3) is 0 Å². The highest BCUT2D eigenvalue weighted by atomic mass is 15.2. The Hall–Kier alpha value is -1.57. The Morgan fingerprint density at radius 1 is 1.22 bits per heavy atom. The zero-order valence-electron chi connectivity index (χ0n) is 11.0. The summed E-state index contributed by atoms with van der Waals surface area (Å²) in [7, 11) is 0. The molecule has 0 aromatic heterocycles. The molecule has 3 rings (SSSR count). The van der Waals surface area contributed by atoms with Crippen molar-refractivity contribution in [1.82, 2.24) is 4.90 Å². The van der Waals surface area contributed by atoms with Gasteiger partial charge in [-0.05, 0) is 37.3 Å². The van der Waals surface area contributed by atoms with Crippen molar-refractivity contribution in [2.24, 2.45) is 4.99 Å². The van der Waals surface area contributed by atoms with Gasteiger partial charge in [-0.25, -0.2) is 0 Å². The van der Waals surface area contributed by atoms with Gasteiger partial charge in [0.15, 0.2) is 0 Å². The molecule has 0 aliphatic carbocycles. The first-order chi connectivity index (χ1) is 8.83. The van der Waals surface area contributed by atoms with Crippen LogP contribution in [0.4, 0.5) is 0 Å². The molecule has 1 aromatic carbocycles. The number of rotatable bonds is 2. The van der Waals surface area contributed by atoms with Crippen LogP contribution >= 0.6 is 0 Å². The van der Waals surface area contributed by atoms with Crippen LogP contribution in [0, 0.1) is 6.92 Å². The summed E-state index contributed by atoms with van der Waals surface area (Å²) in [6, 6.07) is 8.99. The minimum atomic E-state index is 0.740. The highest BCUT2D eigenvalue weighted by molar-refractivity contribution is 5.74. The normalized spacial score (nSPS) is 20.3. The summed E-state index contributed by atoms with van der Waals surface area (Å²) in [6.07, 6.45) is 6.62. The SMILES string of the molecule is Cc1cccc(C2CCN(C3=CC=NC3)CC2)c1. The van der Waals surface area contributed by atoms with Crippen LogP contribution in [0.1, 0.15) is 29.9 Å². The maximum atomic E-state index is 4.27. The van der Waals surface area contributed by atoms with Gasteiger partial charge in [-0.3, -0.25) is 4.99 Å². The number of likely N-dealkylation sites (tertiary alicyclic amines) is 1. The van der Waals surface area contributed by atoms with E-state index in [1.165, 1.54) is 42.8 Å². The first kappa shape index (κ1) is 11.5.